The van der Waals surface area contributed by atoms with Crippen LogP contribution in [0.1, 0.15) is 19.7 Å². The number of hydrogen-bond donors (Lipinski definition) is 1. The molecule has 2 aromatic rings. The second-order valence-corrected chi connectivity index (χ2v) is 4.23. The highest BCUT2D eigenvalue weighted by molar-refractivity contribution is 6.30. The summed E-state index contributed by atoms with van der Waals surface area (Å²) in [5.74, 6) is 2.02. The molecule has 0 spiro atoms. The van der Waals surface area contributed by atoms with Gasteiger partial charge < -0.3 is 10.1 Å². The summed E-state index contributed by atoms with van der Waals surface area (Å²) >= 11 is 5.87. The Hall–Kier alpha value is -1.66. The first-order chi connectivity index (χ1) is 9.22. The third kappa shape index (κ3) is 3.65. The summed E-state index contributed by atoms with van der Waals surface area (Å²) in [5, 5.41) is 7.86. The molecule has 0 saturated heterocycles. The van der Waals surface area contributed by atoms with Crippen LogP contribution in [0.25, 0.3) is 5.82 Å². The second kappa shape index (κ2) is 6.49. The quantitative estimate of drug-likeness (QED) is 0.880. The van der Waals surface area contributed by atoms with Crippen molar-refractivity contribution in [3.05, 3.63) is 29.3 Å². The minimum Gasteiger partial charge on any atom is -0.374 e. The largest absolute Gasteiger partial charge is 0.374 e. The van der Waals surface area contributed by atoms with Crippen LogP contribution in [0.4, 0.5) is 5.82 Å². The van der Waals surface area contributed by atoms with Crippen molar-refractivity contribution in [2.75, 3.05) is 18.5 Å². The van der Waals surface area contributed by atoms with Gasteiger partial charge in [0.1, 0.15) is 12.4 Å². The van der Waals surface area contributed by atoms with Gasteiger partial charge in [-0.25, -0.2) is 14.6 Å². The monoisotopic (exact) mass is 281 g/mol. The van der Waals surface area contributed by atoms with Gasteiger partial charge in [0, 0.05) is 19.2 Å². The third-order valence-electron chi connectivity index (χ3n) is 2.34. The summed E-state index contributed by atoms with van der Waals surface area (Å²) in [5.41, 5.74) is 0. The van der Waals surface area contributed by atoms with Gasteiger partial charge in [-0.3, -0.25) is 0 Å². The lowest BCUT2D eigenvalue weighted by Crippen LogP contribution is -2.09. The van der Waals surface area contributed by atoms with Crippen LogP contribution in [-0.4, -0.2) is 32.9 Å². The van der Waals surface area contributed by atoms with Gasteiger partial charge in [-0.15, -0.1) is 0 Å². The summed E-state index contributed by atoms with van der Waals surface area (Å²) in [6, 6.07) is 1.82. The molecule has 0 bridgehead atoms. The summed E-state index contributed by atoms with van der Waals surface area (Å²) in [6.07, 6.45) is 3.27. The molecule has 2 heterocycles. The maximum absolute atomic E-state index is 5.87. The molecule has 0 aliphatic rings. The molecule has 0 amide bonds. The maximum Gasteiger partial charge on any atom is 0.159 e. The zero-order valence-electron chi connectivity index (χ0n) is 10.9. The van der Waals surface area contributed by atoms with Gasteiger partial charge in [0.15, 0.2) is 11.6 Å². The fourth-order valence-electron chi connectivity index (χ4n) is 1.56. The molecular weight excluding hydrogens is 266 g/mol. The maximum atomic E-state index is 5.87. The summed E-state index contributed by atoms with van der Waals surface area (Å²) in [7, 11) is 0. The highest BCUT2D eigenvalue weighted by Gasteiger charge is 2.07. The molecule has 0 aliphatic carbocycles. The molecular formula is C12H16ClN5O. The van der Waals surface area contributed by atoms with E-state index in [-0.39, 0.29) is 0 Å². The van der Waals surface area contributed by atoms with E-state index in [0.29, 0.717) is 29.9 Å². The van der Waals surface area contributed by atoms with Crippen LogP contribution >= 0.6 is 11.6 Å². The molecule has 6 nitrogen and oxygen atoms in total. The molecule has 1 N–H and O–H groups in total. The number of rotatable bonds is 6. The average molecular weight is 282 g/mol. The van der Waals surface area contributed by atoms with Crippen molar-refractivity contribution in [2.24, 2.45) is 0 Å². The minimum atomic E-state index is 0.373. The van der Waals surface area contributed by atoms with E-state index in [1.165, 1.54) is 0 Å². The Labute approximate surface area is 116 Å². The van der Waals surface area contributed by atoms with Crippen LogP contribution in [0.3, 0.4) is 0 Å². The van der Waals surface area contributed by atoms with Gasteiger partial charge in [0.05, 0.1) is 17.4 Å². The van der Waals surface area contributed by atoms with Crippen LogP contribution in [0.5, 0.6) is 0 Å². The zero-order valence-corrected chi connectivity index (χ0v) is 11.7. The SMILES string of the molecule is CCNc1cc(-n2cc(Cl)cn2)nc(COCC)n1. The van der Waals surface area contributed by atoms with Crippen molar-refractivity contribution in [2.45, 2.75) is 20.5 Å². The van der Waals surface area contributed by atoms with Crippen molar-refractivity contribution in [3.8, 4) is 5.82 Å². The molecule has 0 fully saturated rings. The lowest BCUT2D eigenvalue weighted by atomic mass is 10.4. The number of nitrogens with zero attached hydrogens (tertiary/aromatic N) is 4. The molecule has 19 heavy (non-hydrogen) atoms. The molecule has 0 atom stereocenters. The van der Waals surface area contributed by atoms with Crippen molar-refractivity contribution >= 4 is 17.4 Å². The number of ether oxygens (including phenoxy) is 1. The number of halogens is 1. The van der Waals surface area contributed by atoms with Crippen LogP contribution in [-0.2, 0) is 11.3 Å². The van der Waals surface area contributed by atoms with Gasteiger partial charge in [-0.1, -0.05) is 11.6 Å². The third-order valence-corrected chi connectivity index (χ3v) is 2.53. The molecule has 7 heteroatoms. The average Bonchev–Trinajstić information content (AvgIpc) is 2.83. The Balaban J connectivity index is 2.33. The fourth-order valence-corrected chi connectivity index (χ4v) is 1.69. The Kier molecular flexibility index (Phi) is 4.70. The molecule has 0 saturated carbocycles. The van der Waals surface area contributed by atoms with Gasteiger partial charge in [0.2, 0.25) is 0 Å². The molecule has 2 aromatic heterocycles. The Bertz CT molecular complexity index is 543. The second-order valence-electron chi connectivity index (χ2n) is 3.80. The van der Waals surface area contributed by atoms with Gasteiger partial charge in [0.25, 0.3) is 0 Å². The molecule has 0 radical (unpaired) electrons. The Morgan fingerprint density at radius 3 is 2.84 bits per heavy atom. The van der Waals surface area contributed by atoms with Gasteiger partial charge in [-0.2, -0.15) is 5.10 Å². The normalized spacial score (nSPS) is 10.7. The topological polar surface area (TPSA) is 64.9 Å². The van der Waals surface area contributed by atoms with Crippen LogP contribution in [0, 0.1) is 0 Å². The fraction of sp³-hybridized carbons (Fsp3) is 0.417. The number of nitrogens with one attached hydrogen (secondary N) is 1. The van der Waals surface area contributed by atoms with Gasteiger partial charge >= 0.3 is 0 Å². The number of aromatic nitrogens is 4. The molecule has 0 aromatic carbocycles. The van der Waals surface area contributed by atoms with E-state index in [4.69, 9.17) is 16.3 Å². The smallest absolute Gasteiger partial charge is 0.159 e. The summed E-state index contributed by atoms with van der Waals surface area (Å²) < 4.78 is 6.95. The molecule has 102 valence electrons. The molecule has 0 unspecified atom stereocenters. The first kappa shape index (κ1) is 13.8. The van der Waals surface area contributed by atoms with Crippen molar-refractivity contribution in [1.29, 1.82) is 0 Å². The van der Waals surface area contributed by atoms with Crippen LogP contribution in [0.15, 0.2) is 18.5 Å². The minimum absolute atomic E-state index is 0.373. The Morgan fingerprint density at radius 2 is 2.21 bits per heavy atom. The van der Waals surface area contributed by atoms with E-state index in [9.17, 15) is 0 Å². The number of hydrogen-bond acceptors (Lipinski definition) is 5. The van der Waals surface area contributed by atoms with Crippen molar-refractivity contribution in [1.82, 2.24) is 19.7 Å². The van der Waals surface area contributed by atoms with E-state index in [2.05, 4.69) is 20.4 Å². The van der Waals surface area contributed by atoms with Crippen LogP contribution < -0.4 is 5.32 Å². The molecule has 0 aliphatic heterocycles. The van der Waals surface area contributed by atoms with E-state index in [1.807, 2.05) is 19.9 Å². The predicted molar refractivity (Wildman–Crippen MR) is 73.7 cm³/mol. The number of anilines is 1. The highest BCUT2D eigenvalue weighted by Crippen LogP contribution is 2.14. The summed E-state index contributed by atoms with van der Waals surface area (Å²) in [6.45, 7) is 5.72. The molecule has 2 rings (SSSR count). The Morgan fingerprint density at radius 1 is 1.37 bits per heavy atom. The van der Waals surface area contributed by atoms with E-state index >= 15 is 0 Å². The predicted octanol–water partition coefficient (Wildman–Crippen LogP) is 2.28. The van der Waals surface area contributed by atoms with Crippen molar-refractivity contribution in [3.63, 3.8) is 0 Å². The first-order valence-electron chi connectivity index (χ1n) is 6.13. The lowest BCUT2D eigenvalue weighted by molar-refractivity contribution is 0.128. The van der Waals surface area contributed by atoms with Crippen LogP contribution in [0.2, 0.25) is 5.02 Å². The standard InChI is InChI=1S/C12H16ClN5O/c1-3-14-10-5-12(18-7-9(13)6-15-18)17-11(16-10)8-19-4-2/h5-7H,3-4,8H2,1-2H3,(H,14,16,17). The van der Waals surface area contributed by atoms with E-state index < -0.39 is 0 Å². The zero-order chi connectivity index (χ0) is 13.7. The summed E-state index contributed by atoms with van der Waals surface area (Å²) in [4.78, 5) is 8.77. The van der Waals surface area contributed by atoms with E-state index in [1.54, 1.807) is 17.1 Å². The highest BCUT2D eigenvalue weighted by atomic mass is 35.5. The lowest BCUT2D eigenvalue weighted by Gasteiger charge is -2.08. The van der Waals surface area contributed by atoms with Crippen molar-refractivity contribution < 1.29 is 4.74 Å². The van der Waals surface area contributed by atoms with E-state index in [0.717, 1.165) is 12.4 Å². The first-order valence-corrected chi connectivity index (χ1v) is 6.50. The van der Waals surface area contributed by atoms with Gasteiger partial charge in [-0.05, 0) is 13.8 Å².